The summed E-state index contributed by atoms with van der Waals surface area (Å²) in [6.07, 6.45) is 2.22. The summed E-state index contributed by atoms with van der Waals surface area (Å²) in [5.74, 6) is 0.250. The van der Waals surface area contributed by atoms with E-state index >= 15 is 0 Å². The van der Waals surface area contributed by atoms with E-state index in [1.54, 1.807) is 0 Å². The van der Waals surface area contributed by atoms with Crippen LogP contribution in [0.5, 0.6) is 0 Å². The SMILES string of the molecule is CCc1oc2ccccc2c1/C=N\NC(=O)c1cccc([N+](=O)[O-])c1. The lowest BCUT2D eigenvalue weighted by Crippen LogP contribution is -2.17. The number of rotatable bonds is 5. The van der Waals surface area contributed by atoms with Gasteiger partial charge in [0.1, 0.15) is 11.3 Å². The summed E-state index contributed by atoms with van der Waals surface area (Å²) in [4.78, 5) is 22.3. The van der Waals surface area contributed by atoms with Crippen molar-refractivity contribution in [3.05, 3.63) is 75.5 Å². The molecule has 2 aromatic carbocycles. The van der Waals surface area contributed by atoms with Crippen LogP contribution in [0.3, 0.4) is 0 Å². The van der Waals surface area contributed by atoms with E-state index in [0.29, 0.717) is 6.42 Å². The molecule has 0 aliphatic carbocycles. The highest BCUT2D eigenvalue weighted by Crippen LogP contribution is 2.24. The fraction of sp³-hybridized carbons (Fsp3) is 0.111. The smallest absolute Gasteiger partial charge is 0.271 e. The Balaban J connectivity index is 1.81. The van der Waals surface area contributed by atoms with Crippen LogP contribution < -0.4 is 5.43 Å². The number of carbonyl (C=O) groups is 1. The third kappa shape index (κ3) is 3.40. The number of nitrogens with one attached hydrogen (secondary N) is 1. The molecule has 1 aromatic heterocycles. The van der Waals surface area contributed by atoms with Gasteiger partial charge in [-0.3, -0.25) is 14.9 Å². The number of nitrogens with zero attached hydrogens (tertiary/aromatic N) is 2. The van der Waals surface area contributed by atoms with Gasteiger partial charge in [0.15, 0.2) is 0 Å². The van der Waals surface area contributed by atoms with Crippen LogP contribution in [0.4, 0.5) is 5.69 Å². The number of para-hydroxylation sites is 1. The predicted octanol–water partition coefficient (Wildman–Crippen LogP) is 3.67. The van der Waals surface area contributed by atoms with E-state index in [4.69, 9.17) is 4.42 Å². The quantitative estimate of drug-likeness (QED) is 0.436. The van der Waals surface area contributed by atoms with Crippen LogP contribution in [0.25, 0.3) is 11.0 Å². The zero-order valence-electron chi connectivity index (χ0n) is 13.4. The average Bonchev–Trinajstić information content (AvgIpc) is 2.99. The molecule has 0 radical (unpaired) electrons. The molecular weight excluding hydrogens is 322 g/mol. The number of hydrazone groups is 1. The Bertz CT molecular complexity index is 975. The number of aryl methyl sites for hydroxylation is 1. The van der Waals surface area contributed by atoms with Crippen molar-refractivity contribution in [3.8, 4) is 0 Å². The van der Waals surface area contributed by atoms with E-state index < -0.39 is 10.8 Å². The third-order valence-electron chi connectivity index (χ3n) is 3.71. The van der Waals surface area contributed by atoms with E-state index in [9.17, 15) is 14.9 Å². The molecule has 1 amide bonds. The first-order valence-electron chi connectivity index (χ1n) is 7.68. The van der Waals surface area contributed by atoms with Crippen molar-refractivity contribution in [2.24, 2.45) is 5.10 Å². The number of amides is 1. The van der Waals surface area contributed by atoms with Crippen molar-refractivity contribution in [1.82, 2.24) is 5.43 Å². The Kier molecular flexibility index (Phi) is 4.56. The Morgan fingerprint density at radius 2 is 2.08 bits per heavy atom. The van der Waals surface area contributed by atoms with Gasteiger partial charge in [0, 0.05) is 35.1 Å². The van der Waals surface area contributed by atoms with E-state index in [2.05, 4.69) is 10.5 Å². The van der Waals surface area contributed by atoms with Gasteiger partial charge in [-0.25, -0.2) is 5.43 Å². The maximum absolute atomic E-state index is 12.1. The molecule has 3 rings (SSSR count). The summed E-state index contributed by atoms with van der Waals surface area (Å²) in [6.45, 7) is 1.97. The molecular formula is C18H15N3O4. The van der Waals surface area contributed by atoms with Crippen LogP contribution >= 0.6 is 0 Å². The monoisotopic (exact) mass is 337 g/mol. The van der Waals surface area contributed by atoms with E-state index in [1.807, 2.05) is 31.2 Å². The molecule has 7 nitrogen and oxygen atoms in total. The number of nitro groups is 1. The zero-order valence-corrected chi connectivity index (χ0v) is 13.4. The van der Waals surface area contributed by atoms with Crippen molar-refractivity contribution < 1.29 is 14.1 Å². The summed E-state index contributed by atoms with van der Waals surface area (Å²) in [5.41, 5.74) is 3.96. The molecule has 0 spiro atoms. The van der Waals surface area contributed by atoms with Gasteiger partial charge in [-0.2, -0.15) is 5.10 Å². The van der Waals surface area contributed by atoms with Crippen molar-refractivity contribution in [2.45, 2.75) is 13.3 Å². The van der Waals surface area contributed by atoms with Gasteiger partial charge in [0.25, 0.3) is 11.6 Å². The molecule has 0 fully saturated rings. The number of nitro benzene ring substituents is 1. The summed E-state index contributed by atoms with van der Waals surface area (Å²) in [5, 5.41) is 15.7. The first-order chi connectivity index (χ1) is 12.1. The van der Waals surface area contributed by atoms with Gasteiger partial charge in [-0.15, -0.1) is 0 Å². The average molecular weight is 337 g/mol. The minimum Gasteiger partial charge on any atom is -0.460 e. The molecule has 0 saturated carbocycles. The molecule has 0 atom stereocenters. The van der Waals surface area contributed by atoms with Crippen LogP contribution in [-0.2, 0) is 6.42 Å². The highest BCUT2D eigenvalue weighted by atomic mass is 16.6. The molecule has 0 aliphatic heterocycles. The summed E-state index contributed by atoms with van der Waals surface area (Å²) < 4.78 is 5.75. The molecule has 0 saturated heterocycles. The van der Waals surface area contributed by atoms with Gasteiger partial charge in [-0.1, -0.05) is 31.2 Å². The largest absolute Gasteiger partial charge is 0.460 e. The van der Waals surface area contributed by atoms with Gasteiger partial charge in [0.2, 0.25) is 0 Å². The maximum Gasteiger partial charge on any atom is 0.271 e. The fourth-order valence-electron chi connectivity index (χ4n) is 2.50. The number of hydrogen-bond donors (Lipinski definition) is 1. The maximum atomic E-state index is 12.1. The van der Waals surface area contributed by atoms with E-state index in [-0.39, 0.29) is 11.3 Å². The Hall–Kier alpha value is -3.48. The molecule has 1 heterocycles. The minimum atomic E-state index is -0.550. The topological polar surface area (TPSA) is 97.7 Å². The molecule has 25 heavy (non-hydrogen) atoms. The molecule has 126 valence electrons. The molecule has 0 bridgehead atoms. The molecule has 1 N–H and O–H groups in total. The molecule has 7 heteroatoms. The Morgan fingerprint density at radius 3 is 2.84 bits per heavy atom. The van der Waals surface area contributed by atoms with Gasteiger partial charge < -0.3 is 4.42 Å². The third-order valence-corrected chi connectivity index (χ3v) is 3.71. The van der Waals surface area contributed by atoms with Crippen LogP contribution in [0.2, 0.25) is 0 Å². The van der Waals surface area contributed by atoms with Gasteiger partial charge >= 0.3 is 0 Å². The van der Waals surface area contributed by atoms with E-state index in [0.717, 1.165) is 22.3 Å². The number of hydrogen-bond acceptors (Lipinski definition) is 5. The van der Waals surface area contributed by atoms with E-state index in [1.165, 1.54) is 30.5 Å². The first kappa shape index (κ1) is 16.4. The molecule has 0 aliphatic rings. The van der Waals surface area contributed by atoms with Crippen LogP contribution in [0.1, 0.15) is 28.6 Å². The summed E-state index contributed by atoms with van der Waals surface area (Å²) in [6, 6.07) is 13.0. The van der Waals surface area contributed by atoms with Crippen molar-refractivity contribution in [2.75, 3.05) is 0 Å². The summed E-state index contributed by atoms with van der Waals surface area (Å²) >= 11 is 0. The van der Waals surface area contributed by atoms with Crippen molar-refractivity contribution in [3.63, 3.8) is 0 Å². The zero-order chi connectivity index (χ0) is 17.8. The Labute approximate surface area is 143 Å². The lowest BCUT2D eigenvalue weighted by Gasteiger charge is -2.00. The van der Waals surface area contributed by atoms with Gasteiger partial charge in [0.05, 0.1) is 11.1 Å². The highest BCUT2D eigenvalue weighted by molar-refractivity contribution is 6.00. The minimum absolute atomic E-state index is 0.147. The second-order valence-electron chi connectivity index (χ2n) is 5.30. The normalized spacial score (nSPS) is 11.1. The number of benzene rings is 2. The van der Waals surface area contributed by atoms with Gasteiger partial charge in [-0.05, 0) is 12.1 Å². The summed E-state index contributed by atoms with van der Waals surface area (Å²) in [7, 11) is 0. The van der Waals surface area contributed by atoms with Crippen LogP contribution in [0.15, 0.2) is 58.0 Å². The first-order valence-corrected chi connectivity index (χ1v) is 7.68. The molecule has 0 unspecified atom stereocenters. The molecule has 3 aromatic rings. The second-order valence-corrected chi connectivity index (χ2v) is 5.30. The highest BCUT2D eigenvalue weighted by Gasteiger charge is 2.12. The lowest BCUT2D eigenvalue weighted by molar-refractivity contribution is -0.384. The number of furan rings is 1. The number of carbonyl (C=O) groups excluding carboxylic acids is 1. The number of fused-ring (bicyclic) bond motifs is 1. The van der Waals surface area contributed by atoms with Crippen LogP contribution in [0, 0.1) is 10.1 Å². The number of non-ortho nitro benzene ring substituents is 1. The van der Waals surface area contributed by atoms with Crippen LogP contribution in [-0.4, -0.2) is 17.0 Å². The standard InChI is InChI=1S/C18H15N3O4/c1-2-16-15(14-8-3-4-9-17(14)25-16)11-19-20-18(22)12-6-5-7-13(10-12)21(23)24/h3-11H,2H2,1H3,(H,20,22)/b19-11-. The van der Waals surface area contributed by atoms with Crippen molar-refractivity contribution in [1.29, 1.82) is 0 Å². The predicted molar refractivity (Wildman–Crippen MR) is 93.7 cm³/mol. The lowest BCUT2D eigenvalue weighted by atomic mass is 10.1. The fourth-order valence-corrected chi connectivity index (χ4v) is 2.50. The second kappa shape index (κ2) is 6.96. The Morgan fingerprint density at radius 1 is 1.28 bits per heavy atom. The van der Waals surface area contributed by atoms with Crippen molar-refractivity contribution >= 4 is 28.8 Å².